The number of carbonyl (C=O) groups is 2. The quantitative estimate of drug-likeness (QED) is 0.333. The van der Waals surface area contributed by atoms with E-state index in [9.17, 15) is 18.0 Å². The van der Waals surface area contributed by atoms with Crippen LogP contribution in [0.2, 0.25) is 0 Å². The first-order valence-corrected chi connectivity index (χ1v) is 14.7. The van der Waals surface area contributed by atoms with Crippen molar-refractivity contribution in [2.75, 3.05) is 25.0 Å². The molecule has 0 heterocycles. The number of sulfonamides is 1. The summed E-state index contributed by atoms with van der Waals surface area (Å²) in [5, 5.41) is 2.63. The molecule has 3 aromatic rings. The van der Waals surface area contributed by atoms with Crippen LogP contribution in [-0.2, 0) is 26.2 Å². The van der Waals surface area contributed by atoms with Gasteiger partial charge < -0.3 is 15.0 Å². The van der Waals surface area contributed by atoms with Crippen LogP contribution in [0.5, 0.6) is 5.75 Å². The van der Waals surface area contributed by atoms with Gasteiger partial charge in [0.05, 0.1) is 22.2 Å². The van der Waals surface area contributed by atoms with E-state index in [2.05, 4.69) is 21.2 Å². The number of likely N-dealkylation sites (N-methyl/N-ethyl adjacent to an activating group) is 1. The topological polar surface area (TPSA) is 96.0 Å². The van der Waals surface area contributed by atoms with Gasteiger partial charge in [-0.1, -0.05) is 48.9 Å². The van der Waals surface area contributed by atoms with Crippen LogP contribution in [0.15, 0.2) is 76.1 Å². The maximum absolute atomic E-state index is 14.0. The molecule has 3 rings (SSSR count). The van der Waals surface area contributed by atoms with Crippen LogP contribution in [-0.4, -0.2) is 51.9 Å². The summed E-state index contributed by atoms with van der Waals surface area (Å²) in [7, 11) is -1.17. The second kappa shape index (κ2) is 13.1. The van der Waals surface area contributed by atoms with E-state index in [4.69, 9.17) is 4.74 Å². The Morgan fingerprint density at radius 1 is 1.03 bits per heavy atom. The summed E-state index contributed by atoms with van der Waals surface area (Å²) >= 11 is 3.36. The normalized spacial score (nSPS) is 11.9. The van der Waals surface area contributed by atoms with Gasteiger partial charge in [0.2, 0.25) is 11.8 Å². The van der Waals surface area contributed by atoms with Crippen LogP contribution in [0.3, 0.4) is 0 Å². The third-order valence-corrected chi connectivity index (χ3v) is 8.94. The molecule has 0 aromatic heterocycles. The summed E-state index contributed by atoms with van der Waals surface area (Å²) in [6.45, 7) is 5.32. The van der Waals surface area contributed by atoms with Gasteiger partial charge in [0, 0.05) is 13.6 Å². The minimum absolute atomic E-state index is 0.00709. The first-order chi connectivity index (χ1) is 18.5. The number of benzene rings is 3. The first-order valence-electron chi connectivity index (χ1n) is 12.5. The Labute approximate surface area is 239 Å². The van der Waals surface area contributed by atoms with Crippen molar-refractivity contribution in [1.29, 1.82) is 0 Å². The Kier molecular flexibility index (Phi) is 10.2. The number of amides is 2. The number of hydrogen-bond acceptors (Lipinski definition) is 5. The maximum atomic E-state index is 14.0. The van der Waals surface area contributed by atoms with Gasteiger partial charge in [-0.2, -0.15) is 0 Å². The molecule has 0 fully saturated rings. The second-order valence-electron chi connectivity index (χ2n) is 9.13. The molecule has 1 atom stereocenters. The van der Waals surface area contributed by atoms with Gasteiger partial charge in [0.15, 0.2) is 0 Å². The van der Waals surface area contributed by atoms with Crippen LogP contribution in [0.4, 0.5) is 5.69 Å². The highest BCUT2D eigenvalue weighted by Crippen LogP contribution is 2.31. The van der Waals surface area contributed by atoms with E-state index in [-0.39, 0.29) is 17.3 Å². The first kappa shape index (κ1) is 30.2. The molecule has 2 amide bonds. The maximum Gasteiger partial charge on any atom is 0.264 e. The molecule has 3 aromatic carbocycles. The molecular formula is C29H34BrN3O5S. The summed E-state index contributed by atoms with van der Waals surface area (Å²) in [5.41, 5.74) is 3.12. The van der Waals surface area contributed by atoms with Gasteiger partial charge in [0.25, 0.3) is 10.0 Å². The average Bonchev–Trinajstić information content (AvgIpc) is 2.92. The largest absolute Gasteiger partial charge is 0.496 e. The van der Waals surface area contributed by atoms with Gasteiger partial charge in [0.1, 0.15) is 18.3 Å². The number of methoxy groups -OCH3 is 1. The Balaban J connectivity index is 2.09. The lowest BCUT2D eigenvalue weighted by Gasteiger charge is -2.33. The Bertz CT molecular complexity index is 1430. The number of hydrogen-bond donors (Lipinski definition) is 1. The molecule has 8 nitrogen and oxygen atoms in total. The molecule has 39 heavy (non-hydrogen) atoms. The number of nitrogens with zero attached hydrogens (tertiary/aromatic N) is 2. The molecule has 1 N–H and O–H groups in total. The zero-order valence-electron chi connectivity index (χ0n) is 22.8. The molecule has 0 aliphatic carbocycles. The van der Waals surface area contributed by atoms with Gasteiger partial charge in [-0.25, -0.2) is 8.42 Å². The van der Waals surface area contributed by atoms with Crippen molar-refractivity contribution in [3.63, 3.8) is 0 Å². The highest BCUT2D eigenvalue weighted by atomic mass is 79.9. The summed E-state index contributed by atoms with van der Waals surface area (Å²) in [6, 6.07) is 18.2. The SMILES string of the molecule is CC[C@@H](C(=O)NC)N(Cc1ccccc1C)C(=O)CN(c1ccc(C)cc1)S(=O)(=O)c1ccc(OC)c(Br)c1. The fourth-order valence-electron chi connectivity index (χ4n) is 4.23. The van der Waals surface area contributed by atoms with Crippen LogP contribution < -0.4 is 14.4 Å². The fourth-order valence-corrected chi connectivity index (χ4v) is 6.36. The van der Waals surface area contributed by atoms with E-state index in [1.165, 1.54) is 31.2 Å². The molecule has 0 aliphatic rings. The van der Waals surface area contributed by atoms with Crippen LogP contribution in [0, 0.1) is 13.8 Å². The average molecular weight is 617 g/mol. The lowest BCUT2D eigenvalue weighted by molar-refractivity contribution is -0.140. The van der Waals surface area contributed by atoms with E-state index in [1.54, 1.807) is 30.3 Å². The highest BCUT2D eigenvalue weighted by molar-refractivity contribution is 9.10. The number of carbonyl (C=O) groups excluding carboxylic acids is 2. The summed E-state index contributed by atoms with van der Waals surface area (Å²) in [5.74, 6) is -0.332. The van der Waals surface area contributed by atoms with Crippen molar-refractivity contribution in [3.8, 4) is 5.75 Å². The monoisotopic (exact) mass is 615 g/mol. The summed E-state index contributed by atoms with van der Waals surface area (Å²) < 4.78 is 34.8. The molecule has 0 bridgehead atoms. The van der Waals surface area contributed by atoms with Gasteiger partial charge in [-0.05, 0) is 77.7 Å². The molecular weight excluding hydrogens is 582 g/mol. The molecule has 0 saturated carbocycles. The highest BCUT2D eigenvalue weighted by Gasteiger charge is 2.33. The predicted octanol–water partition coefficient (Wildman–Crippen LogP) is 4.82. The lowest BCUT2D eigenvalue weighted by Crippen LogP contribution is -2.51. The predicted molar refractivity (Wildman–Crippen MR) is 156 cm³/mol. The molecule has 0 radical (unpaired) electrons. The minimum atomic E-state index is -4.18. The number of anilines is 1. The van der Waals surface area contributed by atoms with Gasteiger partial charge in [-0.15, -0.1) is 0 Å². The van der Waals surface area contributed by atoms with Gasteiger partial charge >= 0.3 is 0 Å². The Hall–Kier alpha value is -3.37. The molecule has 0 aliphatic heterocycles. The van der Waals surface area contributed by atoms with Crippen molar-refractivity contribution >= 4 is 43.5 Å². The van der Waals surface area contributed by atoms with E-state index in [0.29, 0.717) is 22.3 Å². The third kappa shape index (κ3) is 6.99. The minimum Gasteiger partial charge on any atom is -0.496 e. The number of rotatable bonds is 11. The summed E-state index contributed by atoms with van der Waals surface area (Å²) in [6.07, 6.45) is 0.361. The second-order valence-corrected chi connectivity index (χ2v) is 11.8. The number of ether oxygens (including phenoxy) is 1. The van der Waals surface area contributed by atoms with Crippen molar-refractivity contribution in [2.24, 2.45) is 0 Å². The van der Waals surface area contributed by atoms with E-state index >= 15 is 0 Å². The molecule has 0 saturated heterocycles. The van der Waals surface area contributed by atoms with E-state index < -0.39 is 28.5 Å². The molecule has 10 heteroatoms. The van der Waals surface area contributed by atoms with Gasteiger partial charge in [-0.3, -0.25) is 13.9 Å². The summed E-state index contributed by atoms with van der Waals surface area (Å²) in [4.78, 5) is 28.3. The third-order valence-electron chi connectivity index (χ3n) is 6.55. The number of halogens is 1. The van der Waals surface area contributed by atoms with Crippen molar-refractivity contribution in [3.05, 3.63) is 87.9 Å². The van der Waals surface area contributed by atoms with E-state index in [1.807, 2.05) is 45.0 Å². The number of aryl methyl sites for hydroxylation is 2. The fraction of sp³-hybridized carbons (Fsp3) is 0.310. The van der Waals surface area contributed by atoms with Crippen LogP contribution in [0.1, 0.15) is 30.0 Å². The van der Waals surface area contributed by atoms with Crippen LogP contribution in [0.25, 0.3) is 0 Å². The van der Waals surface area contributed by atoms with Crippen molar-refractivity contribution in [1.82, 2.24) is 10.2 Å². The molecule has 0 spiro atoms. The lowest BCUT2D eigenvalue weighted by atomic mass is 10.1. The van der Waals surface area contributed by atoms with Crippen molar-refractivity contribution in [2.45, 2.75) is 44.7 Å². The number of nitrogens with one attached hydrogen (secondary N) is 1. The zero-order valence-corrected chi connectivity index (χ0v) is 25.2. The standard InChI is InChI=1S/C29H34BrN3O5S/c1-6-26(29(35)31-4)32(18-22-10-8-7-9-21(22)3)28(34)19-33(23-13-11-20(2)12-14-23)39(36,37)24-15-16-27(38-5)25(30)17-24/h7-17,26H,6,18-19H2,1-5H3,(H,31,35)/t26-/m0/s1. The molecule has 0 unspecified atom stereocenters. The Morgan fingerprint density at radius 2 is 1.69 bits per heavy atom. The van der Waals surface area contributed by atoms with E-state index in [0.717, 1.165) is 21.0 Å². The molecule has 208 valence electrons. The smallest absolute Gasteiger partial charge is 0.264 e. The van der Waals surface area contributed by atoms with Crippen LogP contribution >= 0.6 is 15.9 Å². The Morgan fingerprint density at radius 3 is 2.26 bits per heavy atom. The zero-order chi connectivity index (χ0) is 28.7. The van der Waals surface area contributed by atoms with Crippen molar-refractivity contribution < 1.29 is 22.7 Å².